The van der Waals surface area contributed by atoms with Gasteiger partial charge in [-0.25, -0.2) is 0 Å². The molecule has 2 aliphatic heterocycles. The van der Waals surface area contributed by atoms with Crippen molar-refractivity contribution in [2.45, 2.75) is 31.8 Å². The van der Waals surface area contributed by atoms with E-state index in [-0.39, 0.29) is 24.0 Å². The van der Waals surface area contributed by atoms with E-state index >= 15 is 0 Å². The second-order valence-corrected chi connectivity index (χ2v) is 7.80. The van der Waals surface area contributed by atoms with Crippen molar-refractivity contribution in [2.75, 3.05) is 31.1 Å². The van der Waals surface area contributed by atoms with Crippen LogP contribution in [0.4, 0.5) is 5.69 Å². The summed E-state index contributed by atoms with van der Waals surface area (Å²) >= 11 is 0. The van der Waals surface area contributed by atoms with E-state index < -0.39 is 0 Å². The number of anilines is 1. The first-order chi connectivity index (χ1) is 13.6. The molecule has 0 saturated carbocycles. The van der Waals surface area contributed by atoms with E-state index in [1.54, 1.807) is 0 Å². The van der Waals surface area contributed by atoms with Gasteiger partial charge in [0.15, 0.2) is 0 Å². The zero-order valence-corrected chi connectivity index (χ0v) is 16.3. The molecular weight excluding hydrogens is 352 g/mol. The summed E-state index contributed by atoms with van der Waals surface area (Å²) < 4.78 is 6.07. The molecule has 146 valence electrons. The number of para-hydroxylation sites is 1. The molecule has 0 bridgehead atoms. The third-order valence-electron chi connectivity index (χ3n) is 5.77. The van der Waals surface area contributed by atoms with E-state index in [1.165, 1.54) is 0 Å². The number of nitrogens with zero attached hydrogens (tertiary/aromatic N) is 2. The van der Waals surface area contributed by atoms with Crippen LogP contribution in [0.1, 0.15) is 35.2 Å². The summed E-state index contributed by atoms with van der Waals surface area (Å²) in [6, 6.07) is 17.5. The van der Waals surface area contributed by atoms with Crippen LogP contribution < -0.4 is 4.90 Å². The quantitative estimate of drug-likeness (QED) is 0.805. The molecule has 0 N–H and O–H groups in total. The van der Waals surface area contributed by atoms with Crippen LogP contribution in [0.3, 0.4) is 0 Å². The summed E-state index contributed by atoms with van der Waals surface area (Å²) in [7, 11) is 0. The zero-order valence-electron chi connectivity index (χ0n) is 16.3. The number of carbonyl (C=O) groups is 2. The number of aryl methyl sites for hydroxylation is 1. The second kappa shape index (κ2) is 7.76. The van der Waals surface area contributed by atoms with Crippen molar-refractivity contribution in [1.82, 2.24) is 4.90 Å². The average Bonchev–Trinajstić information content (AvgIpc) is 2.93. The van der Waals surface area contributed by atoms with Crippen molar-refractivity contribution in [3.63, 3.8) is 0 Å². The normalized spacial score (nSPS) is 23.0. The molecule has 0 aromatic heterocycles. The van der Waals surface area contributed by atoms with Gasteiger partial charge in [0.25, 0.3) is 11.8 Å². The minimum atomic E-state index is -0.384. The Hall–Kier alpha value is -2.66. The van der Waals surface area contributed by atoms with E-state index in [1.807, 2.05) is 71.3 Å². The van der Waals surface area contributed by atoms with E-state index in [2.05, 4.69) is 0 Å². The molecule has 0 radical (unpaired) electrons. The molecule has 2 aromatic carbocycles. The number of hydrogen-bond acceptors (Lipinski definition) is 3. The number of rotatable bonds is 2. The molecule has 1 spiro atoms. The van der Waals surface area contributed by atoms with E-state index in [0.29, 0.717) is 13.1 Å². The predicted octanol–water partition coefficient (Wildman–Crippen LogP) is 3.42. The van der Waals surface area contributed by atoms with Crippen LogP contribution in [-0.4, -0.2) is 48.6 Å². The first kappa shape index (κ1) is 18.7. The van der Waals surface area contributed by atoms with Crippen molar-refractivity contribution in [3.05, 3.63) is 65.7 Å². The maximum Gasteiger partial charge on any atom is 0.253 e. The lowest BCUT2D eigenvalue weighted by Gasteiger charge is -2.42. The Bertz CT molecular complexity index is 867. The summed E-state index contributed by atoms with van der Waals surface area (Å²) in [4.78, 5) is 29.1. The van der Waals surface area contributed by atoms with E-state index in [9.17, 15) is 9.59 Å². The molecule has 2 heterocycles. The van der Waals surface area contributed by atoms with Gasteiger partial charge in [-0.1, -0.05) is 35.9 Å². The SMILES string of the molecule is Cc1cccc(C(=O)N2CCCC3(CC2)CN(c2ccccc2)C(=O)CO3)c1. The smallest absolute Gasteiger partial charge is 0.253 e. The van der Waals surface area contributed by atoms with Crippen molar-refractivity contribution in [1.29, 1.82) is 0 Å². The fourth-order valence-electron chi connectivity index (χ4n) is 4.19. The molecular formula is C23H26N2O3. The summed E-state index contributed by atoms with van der Waals surface area (Å²) in [5.41, 5.74) is 2.35. The van der Waals surface area contributed by atoms with Crippen LogP contribution in [0.25, 0.3) is 0 Å². The highest BCUT2D eigenvalue weighted by Crippen LogP contribution is 2.33. The van der Waals surface area contributed by atoms with Crippen LogP contribution in [0.5, 0.6) is 0 Å². The number of amides is 2. The highest BCUT2D eigenvalue weighted by Gasteiger charge is 2.42. The number of benzene rings is 2. The molecule has 2 fully saturated rings. The zero-order chi connectivity index (χ0) is 19.6. The highest BCUT2D eigenvalue weighted by molar-refractivity contribution is 5.95. The molecule has 1 atom stereocenters. The fraction of sp³-hybridized carbons (Fsp3) is 0.391. The maximum absolute atomic E-state index is 12.9. The molecule has 5 nitrogen and oxygen atoms in total. The molecule has 2 amide bonds. The first-order valence-corrected chi connectivity index (χ1v) is 9.92. The fourth-order valence-corrected chi connectivity index (χ4v) is 4.19. The third kappa shape index (κ3) is 3.80. The molecule has 28 heavy (non-hydrogen) atoms. The standard InChI is InChI=1S/C23H26N2O3/c1-18-7-5-8-19(15-18)22(27)24-13-6-11-23(12-14-24)17-25(21(26)16-28-23)20-9-3-2-4-10-20/h2-5,7-10,15H,6,11-14,16-17H2,1H3. The van der Waals surface area contributed by atoms with Gasteiger partial charge in [-0.05, 0) is 50.5 Å². The van der Waals surface area contributed by atoms with Gasteiger partial charge in [0.05, 0.1) is 12.1 Å². The minimum Gasteiger partial charge on any atom is -0.363 e. The number of ether oxygens (including phenoxy) is 1. The Morgan fingerprint density at radius 3 is 2.64 bits per heavy atom. The van der Waals surface area contributed by atoms with Crippen LogP contribution in [0, 0.1) is 6.92 Å². The monoisotopic (exact) mass is 378 g/mol. The largest absolute Gasteiger partial charge is 0.363 e. The van der Waals surface area contributed by atoms with Crippen LogP contribution in [-0.2, 0) is 9.53 Å². The molecule has 2 saturated heterocycles. The lowest BCUT2D eigenvalue weighted by Crippen LogP contribution is -2.55. The van der Waals surface area contributed by atoms with Gasteiger partial charge in [-0.2, -0.15) is 0 Å². The predicted molar refractivity (Wildman–Crippen MR) is 108 cm³/mol. The van der Waals surface area contributed by atoms with Gasteiger partial charge >= 0.3 is 0 Å². The molecule has 0 aliphatic carbocycles. The topological polar surface area (TPSA) is 49.9 Å². The second-order valence-electron chi connectivity index (χ2n) is 7.80. The Morgan fingerprint density at radius 1 is 1.04 bits per heavy atom. The Balaban J connectivity index is 1.48. The van der Waals surface area contributed by atoms with Crippen molar-refractivity contribution in [2.24, 2.45) is 0 Å². The van der Waals surface area contributed by atoms with Crippen molar-refractivity contribution in [3.8, 4) is 0 Å². The van der Waals surface area contributed by atoms with Crippen LogP contribution >= 0.6 is 0 Å². The highest BCUT2D eigenvalue weighted by atomic mass is 16.5. The Morgan fingerprint density at radius 2 is 1.86 bits per heavy atom. The lowest BCUT2D eigenvalue weighted by atomic mass is 9.92. The van der Waals surface area contributed by atoms with Gasteiger partial charge in [0.2, 0.25) is 0 Å². The maximum atomic E-state index is 12.9. The number of hydrogen-bond donors (Lipinski definition) is 0. The minimum absolute atomic E-state index is 0.00577. The summed E-state index contributed by atoms with van der Waals surface area (Å²) in [6.07, 6.45) is 2.46. The molecule has 5 heteroatoms. The van der Waals surface area contributed by atoms with Crippen molar-refractivity contribution >= 4 is 17.5 Å². The van der Waals surface area contributed by atoms with E-state index in [4.69, 9.17) is 4.74 Å². The Labute approximate surface area is 165 Å². The van der Waals surface area contributed by atoms with Crippen LogP contribution in [0.15, 0.2) is 54.6 Å². The number of likely N-dealkylation sites (tertiary alicyclic amines) is 1. The molecule has 2 aromatic rings. The van der Waals surface area contributed by atoms with E-state index in [0.717, 1.165) is 42.6 Å². The molecule has 1 unspecified atom stereocenters. The summed E-state index contributed by atoms with van der Waals surface area (Å²) in [5, 5.41) is 0. The summed E-state index contributed by atoms with van der Waals surface area (Å²) in [6.45, 7) is 4.00. The van der Waals surface area contributed by atoms with Crippen LogP contribution in [0.2, 0.25) is 0 Å². The Kier molecular flexibility index (Phi) is 5.18. The lowest BCUT2D eigenvalue weighted by molar-refractivity contribution is -0.140. The molecule has 2 aliphatic rings. The van der Waals surface area contributed by atoms with Gasteiger partial charge in [-0.15, -0.1) is 0 Å². The number of carbonyl (C=O) groups excluding carboxylic acids is 2. The molecule has 4 rings (SSSR count). The third-order valence-corrected chi connectivity index (χ3v) is 5.77. The van der Waals surface area contributed by atoms with Gasteiger partial charge in [0.1, 0.15) is 6.61 Å². The summed E-state index contributed by atoms with van der Waals surface area (Å²) in [5.74, 6) is 0.0707. The first-order valence-electron chi connectivity index (χ1n) is 9.92. The number of morpholine rings is 1. The average molecular weight is 378 g/mol. The van der Waals surface area contributed by atoms with Gasteiger partial charge in [0, 0.05) is 24.3 Å². The van der Waals surface area contributed by atoms with Gasteiger partial charge < -0.3 is 14.5 Å². The van der Waals surface area contributed by atoms with Gasteiger partial charge in [-0.3, -0.25) is 9.59 Å². The van der Waals surface area contributed by atoms with Crippen molar-refractivity contribution < 1.29 is 14.3 Å².